The van der Waals surface area contributed by atoms with E-state index in [4.69, 9.17) is 49.9 Å². The van der Waals surface area contributed by atoms with E-state index in [0.29, 0.717) is 55.8 Å². The van der Waals surface area contributed by atoms with Crippen LogP contribution in [0.5, 0.6) is 52.1 Å². The van der Waals surface area contributed by atoms with Crippen LogP contribution in [0.1, 0.15) is 31.8 Å². The van der Waals surface area contributed by atoms with E-state index >= 15 is 8.78 Å². The first-order chi connectivity index (χ1) is 40.9. The average Bonchev–Trinajstić information content (AvgIpc) is 1.38. The van der Waals surface area contributed by atoms with Crippen molar-refractivity contribution in [3.63, 3.8) is 0 Å². The van der Waals surface area contributed by atoms with Gasteiger partial charge in [-0.3, -0.25) is 29.1 Å². The standard InChI is InChI=1S/C31H25F2N3O6.C30H22ClF2N3O5.CH3O.Na/c1-36-16-20(29(38)27(31(36)41-4)18-6-8-19(32)9-7-18)23(37)14-17-5-10-24(21(33)13-17)42-25-11-12-34-22-15-26(39-2)30(40-3)35-28(22)25;1-36-15-19(28(38)26(29(36)31)17-5-7-18(32)8-6-17)22(37)13-16-4-9-23(20(33)12-16)41-24-10-11-34-21-14-25(39-2)30(40-3)35-27(21)24;1-2;/h5-13,15-16H,14H2,1-4H3;4-12,14-15H,13H2,1-3H3;1H3;/q;;-1;+1. The van der Waals surface area contributed by atoms with Crippen LogP contribution in [0.15, 0.2) is 144 Å². The maximum Gasteiger partial charge on any atom is 1.00 e. The topological polar surface area (TPSA) is 217 Å². The third kappa shape index (κ3) is 14.0. The van der Waals surface area contributed by atoms with Gasteiger partial charge in [0, 0.05) is 76.0 Å². The Morgan fingerprint density at radius 3 is 1.31 bits per heavy atom. The quantitative estimate of drug-likeness (QED) is 0.0370. The maximum absolute atomic E-state index is 15.2. The molecule has 0 radical (unpaired) electrons. The molecular formula is C62H50ClF4N6NaO12. The second kappa shape index (κ2) is 28.6. The molecule has 6 aromatic heterocycles. The zero-order valence-corrected chi connectivity index (χ0v) is 50.3. The zero-order valence-electron chi connectivity index (χ0n) is 47.6. The number of Topliss-reactive ketones (excluding diaryl/α,β-unsaturated/α-hetero) is 2. The number of halogens is 5. The normalized spacial score (nSPS) is 10.6. The summed E-state index contributed by atoms with van der Waals surface area (Å²) in [7, 11) is 11.2. The molecule has 0 atom stereocenters. The SMILES string of the molecule is COc1cc2nccc(Oc3ccc(CC(=O)c4cn(C)c(Cl)c(-c5ccc(F)cc5)c4=O)cc3F)c2nc1OC.COc1cc2nccc(Oc3ccc(CC(=O)c4cn(C)c(OC)c(-c5ccc(F)cc5)c4=O)cc3F)c2nc1OC.C[O-].[Na+]. The summed E-state index contributed by atoms with van der Waals surface area (Å²) in [5.74, 6) is -1.80. The summed E-state index contributed by atoms with van der Waals surface area (Å²) in [4.78, 5) is 70.4. The molecule has 0 unspecified atom stereocenters. The van der Waals surface area contributed by atoms with Crippen LogP contribution in [-0.4, -0.2) is 83.3 Å². The van der Waals surface area contributed by atoms with Crippen molar-refractivity contribution < 1.29 is 95.0 Å². The molecule has 0 aliphatic heterocycles. The van der Waals surface area contributed by atoms with Crippen molar-refractivity contribution in [1.29, 1.82) is 0 Å². The Labute approximate surface area is 515 Å². The number of ketones is 2. The van der Waals surface area contributed by atoms with Crippen molar-refractivity contribution in [1.82, 2.24) is 29.1 Å². The van der Waals surface area contributed by atoms with Gasteiger partial charge in [-0.15, -0.1) is 0 Å². The molecule has 6 heterocycles. The van der Waals surface area contributed by atoms with Crippen LogP contribution in [0, 0.1) is 23.3 Å². The number of aromatic nitrogens is 6. The molecule has 0 N–H and O–H groups in total. The summed E-state index contributed by atoms with van der Waals surface area (Å²) in [6, 6.07) is 25.0. The number of rotatable bonds is 17. The van der Waals surface area contributed by atoms with Crippen LogP contribution in [-0.2, 0) is 26.9 Å². The van der Waals surface area contributed by atoms with Crippen LogP contribution in [0.25, 0.3) is 44.3 Å². The number of carbonyl (C=O) groups is 2. The fraction of sp³-hybridized carbons (Fsp3) is 0.161. The number of pyridine rings is 6. The molecule has 0 aliphatic carbocycles. The molecule has 0 saturated heterocycles. The number of nitrogens with zero attached hydrogens (tertiary/aromatic N) is 6. The van der Waals surface area contributed by atoms with Crippen molar-refractivity contribution in [3.05, 3.63) is 205 Å². The third-order valence-electron chi connectivity index (χ3n) is 12.9. The predicted octanol–water partition coefficient (Wildman–Crippen LogP) is 7.66. The number of methoxy groups -OCH3 is 5. The number of carbonyl (C=O) groups excluding carboxylic acids is 2. The van der Waals surface area contributed by atoms with E-state index < -0.39 is 45.7 Å². The summed E-state index contributed by atoms with van der Waals surface area (Å²) in [6.45, 7) is 0. The molecule has 0 aliphatic rings. The molecular weight excluding hydrogens is 1160 g/mol. The Morgan fingerprint density at radius 1 is 0.512 bits per heavy atom. The van der Waals surface area contributed by atoms with Gasteiger partial charge in [0.25, 0.3) is 11.8 Å². The number of aryl methyl sites for hydroxylation is 2. The summed E-state index contributed by atoms with van der Waals surface area (Å²) >= 11 is 6.36. The van der Waals surface area contributed by atoms with Crippen LogP contribution in [0.2, 0.25) is 5.15 Å². The van der Waals surface area contributed by atoms with Crippen molar-refractivity contribution in [2.75, 3.05) is 42.7 Å². The van der Waals surface area contributed by atoms with E-state index in [1.165, 1.54) is 160 Å². The smallest absolute Gasteiger partial charge is 0.857 e. The van der Waals surface area contributed by atoms with Crippen LogP contribution < -0.4 is 78.7 Å². The monoisotopic (exact) mass is 1200 g/mol. The van der Waals surface area contributed by atoms with Crippen LogP contribution in [0.3, 0.4) is 0 Å². The molecule has 4 aromatic carbocycles. The van der Waals surface area contributed by atoms with Crippen LogP contribution >= 0.6 is 11.6 Å². The molecule has 436 valence electrons. The molecule has 18 nitrogen and oxygen atoms in total. The molecule has 10 aromatic rings. The third-order valence-corrected chi connectivity index (χ3v) is 13.4. The van der Waals surface area contributed by atoms with Gasteiger partial charge in [-0.25, -0.2) is 27.5 Å². The van der Waals surface area contributed by atoms with Gasteiger partial charge >= 0.3 is 29.6 Å². The Kier molecular flexibility index (Phi) is 21.4. The van der Waals surface area contributed by atoms with Gasteiger partial charge in [0.1, 0.15) is 27.8 Å². The van der Waals surface area contributed by atoms with Crippen LogP contribution in [0.4, 0.5) is 17.6 Å². The fourth-order valence-electron chi connectivity index (χ4n) is 8.86. The van der Waals surface area contributed by atoms with Crippen molar-refractivity contribution in [2.45, 2.75) is 12.8 Å². The van der Waals surface area contributed by atoms with E-state index in [0.717, 1.165) is 13.2 Å². The van der Waals surface area contributed by atoms with E-state index in [1.54, 1.807) is 26.2 Å². The van der Waals surface area contributed by atoms with E-state index in [9.17, 15) is 28.0 Å². The zero-order chi connectivity index (χ0) is 61.2. The molecule has 0 fully saturated rings. The van der Waals surface area contributed by atoms with Gasteiger partial charge < -0.3 is 47.4 Å². The summed E-state index contributed by atoms with van der Waals surface area (Å²) in [6.07, 6.45) is 5.18. The van der Waals surface area contributed by atoms with Gasteiger partial charge in [0.05, 0.1) is 68.8 Å². The number of ether oxygens (including phenoxy) is 7. The molecule has 24 heteroatoms. The van der Waals surface area contributed by atoms with Gasteiger partial charge in [-0.05, 0) is 70.8 Å². The average molecular weight is 1210 g/mol. The summed E-state index contributed by atoms with van der Waals surface area (Å²) < 4.78 is 98.2. The van der Waals surface area contributed by atoms with Gasteiger partial charge in [-0.1, -0.05) is 48.0 Å². The van der Waals surface area contributed by atoms with E-state index in [2.05, 4.69) is 19.9 Å². The van der Waals surface area contributed by atoms with Crippen molar-refractivity contribution >= 4 is 45.2 Å². The molecule has 0 spiro atoms. The number of benzene rings is 4. The number of fused-ring (bicyclic) bond motifs is 2. The van der Waals surface area contributed by atoms with Gasteiger partial charge in [0.15, 0.2) is 57.7 Å². The summed E-state index contributed by atoms with van der Waals surface area (Å²) in [5.41, 5.74) is 1.75. The van der Waals surface area contributed by atoms with Gasteiger partial charge in [-0.2, -0.15) is 7.11 Å². The van der Waals surface area contributed by atoms with Crippen molar-refractivity contribution in [3.8, 4) is 74.4 Å². The summed E-state index contributed by atoms with van der Waals surface area (Å²) in [5, 5.41) is 8.35. The second-order valence-corrected chi connectivity index (χ2v) is 18.6. The van der Waals surface area contributed by atoms with Gasteiger partial charge in [0.2, 0.25) is 16.7 Å². The largest absolute Gasteiger partial charge is 1.00 e. The Morgan fingerprint density at radius 2 is 0.919 bits per heavy atom. The second-order valence-electron chi connectivity index (χ2n) is 18.2. The Bertz CT molecular complexity index is 4290. The fourth-order valence-corrected chi connectivity index (χ4v) is 9.10. The Hall–Kier alpha value is -9.19. The first-order valence-electron chi connectivity index (χ1n) is 25.3. The first-order valence-corrected chi connectivity index (χ1v) is 25.7. The van der Waals surface area contributed by atoms with E-state index in [1.807, 2.05) is 0 Å². The van der Waals surface area contributed by atoms with Crippen molar-refractivity contribution in [2.24, 2.45) is 14.1 Å². The molecule has 86 heavy (non-hydrogen) atoms. The Balaban J connectivity index is 0.000000237. The predicted molar refractivity (Wildman–Crippen MR) is 306 cm³/mol. The number of hydrogen-bond acceptors (Lipinski definition) is 16. The first kappa shape index (κ1) is 64.4. The minimum atomic E-state index is -0.725. The molecule has 0 saturated carbocycles. The molecule has 0 bridgehead atoms. The maximum atomic E-state index is 15.2. The molecule has 10 rings (SSSR count). The number of hydrogen-bond donors (Lipinski definition) is 0. The van der Waals surface area contributed by atoms with E-state index in [-0.39, 0.29) is 110 Å². The minimum absolute atomic E-state index is 0. The minimum Gasteiger partial charge on any atom is -0.857 e. The molecule has 0 amide bonds.